The number of ether oxygens (including phenoxy) is 1. The molecule has 3 nitrogen and oxygen atoms in total. The van der Waals surface area contributed by atoms with Crippen molar-refractivity contribution in [2.45, 2.75) is 25.5 Å². The molecule has 0 aliphatic carbocycles. The van der Waals surface area contributed by atoms with Gasteiger partial charge in [0.25, 0.3) is 0 Å². The first-order valence-corrected chi connectivity index (χ1v) is 7.19. The summed E-state index contributed by atoms with van der Waals surface area (Å²) in [5.74, 6) is 0.0672. The van der Waals surface area contributed by atoms with Crippen LogP contribution in [-0.2, 0) is 0 Å². The van der Waals surface area contributed by atoms with E-state index >= 15 is 0 Å². The number of rotatable bonds is 5. The molecular formula is C15H16BrFN2O. The van der Waals surface area contributed by atoms with Gasteiger partial charge in [-0.2, -0.15) is 0 Å². The Morgan fingerprint density at radius 1 is 1.35 bits per heavy atom. The lowest BCUT2D eigenvalue weighted by Crippen LogP contribution is -2.32. The zero-order valence-electron chi connectivity index (χ0n) is 11.1. The first-order valence-electron chi connectivity index (χ1n) is 6.40. The Kier molecular flexibility index (Phi) is 5.09. The minimum absolute atomic E-state index is 0.222. The van der Waals surface area contributed by atoms with Crippen LogP contribution < -0.4 is 10.5 Å². The van der Waals surface area contributed by atoms with Gasteiger partial charge in [-0.25, -0.2) is 4.39 Å². The van der Waals surface area contributed by atoms with Crippen LogP contribution in [0.1, 0.15) is 25.1 Å². The van der Waals surface area contributed by atoms with E-state index in [0.717, 1.165) is 12.1 Å². The lowest BCUT2D eigenvalue weighted by molar-refractivity contribution is 0.165. The summed E-state index contributed by atoms with van der Waals surface area (Å²) in [6, 6.07) is 9.65. The summed E-state index contributed by atoms with van der Waals surface area (Å²) in [6.45, 7) is 1.98. The van der Waals surface area contributed by atoms with Crippen molar-refractivity contribution < 1.29 is 9.13 Å². The van der Waals surface area contributed by atoms with Gasteiger partial charge < -0.3 is 10.5 Å². The number of aromatic nitrogens is 1. The molecule has 106 valence electrons. The SMILES string of the molecule is CCC(N)C(Oc1cc(F)ccc1Br)c1ccccn1. The topological polar surface area (TPSA) is 48.1 Å². The van der Waals surface area contributed by atoms with Crippen LogP contribution in [0.3, 0.4) is 0 Å². The molecule has 0 saturated carbocycles. The molecule has 0 spiro atoms. The average molecular weight is 339 g/mol. The quantitative estimate of drug-likeness (QED) is 0.900. The zero-order valence-corrected chi connectivity index (χ0v) is 12.7. The highest BCUT2D eigenvalue weighted by Gasteiger charge is 2.22. The van der Waals surface area contributed by atoms with Crippen LogP contribution in [0.5, 0.6) is 5.75 Å². The van der Waals surface area contributed by atoms with E-state index in [0.29, 0.717) is 10.2 Å². The third kappa shape index (κ3) is 3.55. The fourth-order valence-electron chi connectivity index (χ4n) is 1.83. The van der Waals surface area contributed by atoms with Gasteiger partial charge in [-0.15, -0.1) is 0 Å². The summed E-state index contributed by atoms with van der Waals surface area (Å²) in [5, 5.41) is 0. The number of nitrogens with two attached hydrogens (primary N) is 1. The van der Waals surface area contributed by atoms with Gasteiger partial charge in [0.1, 0.15) is 11.6 Å². The third-order valence-corrected chi connectivity index (χ3v) is 3.64. The number of hydrogen-bond acceptors (Lipinski definition) is 3. The maximum atomic E-state index is 13.3. The van der Waals surface area contributed by atoms with Crippen LogP contribution in [0, 0.1) is 5.82 Å². The predicted octanol–water partition coefficient (Wildman–Crippen LogP) is 3.84. The molecular weight excluding hydrogens is 323 g/mol. The first-order chi connectivity index (χ1) is 9.61. The van der Waals surface area contributed by atoms with Crippen molar-refractivity contribution in [3.05, 3.63) is 58.6 Å². The van der Waals surface area contributed by atoms with E-state index < -0.39 is 6.10 Å². The largest absolute Gasteiger partial charge is 0.481 e. The fraction of sp³-hybridized carbons (Fsp3) is 0.267. The minimum Gasteiger partial charge on any atom is -0.481 e. The number of pyridine rings is 1. The highest BCUT2D eigenvalue weighted by Crippen LogP contribution is 2.31. The van der Waals surface area contributed by atoms with Crippen molar-refractivity contribution in [2.24, 2.45) is 5.73 Å². The van der Waals surface area contributed by atoms with E-state index in [1.165, 1.54) is 12.1 Å². The van der Waals surface area contributed by atoms with Crippen molar-refractivity contribution in [2.75, 3.05) is 0 Å². The van der Waals surface area contributed by atoms with E-state index in [2.05, 4.69) is 20.9 Å². The molecule has 0 aliphatic rings. The first kappa shape index (κ1) is 14.9. The summed E-state index contributed by atoms with van der Waals surface area (Å²) >= 11 is 3.35. The number of halogens is 2. The van der Waals surface area contributed by atoms with Gasteiger partial charge in [0.05, 0.1) is 10.2 Å². The smallest absolute Gasteiger partial charge is 0.155 e. The predicted molar refractivity (Wildman–Crippen MR) is 80.0 cm³/mol. The molecule has 20 heavy (non-hydrogen) atoms. The maximum absolute atomic E-state index is 13.3. The molecule has 2 atom stereocenters. The second-order valence-electron chi connectivity index (χ2n) is 4.44. The minimum atomic E-state index is -0.417. The Labute approximate surface area is 126 Å². The molecule has 2 unspecified atom stereocenters. The van der Waals surface area contributed by atoms with Gasteiger partial charge in [0.2, 0.25) is 0 Å². The molecule has 0 aliphatic heterocycles. The standard InChI is InChI=1S/C15H16BrFN2O/c1-2-12(18)15(13-5-3-4-8-19-13)20-14-9-10(17)6-7-11(14)16/h3-9,12,15H,2,18H2,1H3. The maximum Gasteiger partial charge on any atom is 0.155 e. The summed E-state index contributed by atoms with van der Waals surface area (Å²) in [7, 11) is 0. The highest BCUT2D eigenvalue weighted by atomic mass is 79.9. The monoisotopic (exact) mass is 338 g/mol. The van der Waals surface area contributed by atoms with Crippen molar-refractivity contribution in [1.29, 1.82) is 0 Å². The van der Waals surface area contributed by atoms with E-state index in [9.17, 15) is 4.39 Å². The van der Waals surface area contributed by atoms with E-state index in [-0.39, 0.29) is 11.9 Å². The summed E-state index contributed by atoms with van der Waals surface area (Å²) in [4.78, 5) is 4.28. The average Bonchev–Trinajstić information content (AvgIpc) is 2.48. The Bertz CT molecular complexity index is 565. The van der Waals surface area contributed by atoms with Crippen molar-refractivity contribution in [3.63, 3.8) is 0 Å². The van der Waals surface area contributed by atoms with Gasteiger partial charge in [-0.05, 0) is 46.6 Å². The van der Waals surface area contributed by atoms with Gasteiger partial charge in [0.15, 0.2) is 6.10 Å². The molecule has 1 aromatic carbocycles. The number of hydrogen-bond donors (Lipinski definition) is 1. The van der Waals surface area contributed by atoms with Gasteiger partial charge in [-0.3, -0.25) is 4.98 Å². The summed E-state index contributed by atoms with van der Waals surface area (Å²) in [5.41, 5.74) is 6.85. The van der Waals surface area contributed by atoms with E-state index in [1.807, 2.05) is 25.1 Å². The van der Waals surface area contributed by atoms with Gasteiger partial charge >= 0.3 is 0 Å². The fourth-order valence-corrected chi connectivity index (χ4v) is 2.17. The van der Waals surface area contributed by atoms with Gasteiger partial charge in [-0.1, -0.05) is 13.0 Å². The van der Waals surface area contributed by atoms with Gasteiger partial charge in [0, 0.05) is 18.3 Å². The molecule has 2 N–H and O–H groups in total. The Morgan fingerprint density at radius 2 is 2.15 bits per heavy atom. The Hall–Kier alpha value is -1.46. The molecule has 1 aromatic heterocycles. The number of benzene rings is 1. The van der Waals surface area contributed by atoms with Crippen LogP contribution in [-0.4, -0.2) is 11.0 Å². The van der Waals surface area contributed by atoms with E-state index in [4.69, 9.17) is 10.5 Å². The van der Waals surface area contributed by atoms with E-state index in [1.54, 1.807) is 12.3 Å². The second-order valence-corrected chi connectivity index (χ2v) is 5.29. The molecule has 0 radical (unpaired) electrons. The third-order valence-electron chi connectivity index (χ3n) is 2.99. The Morgan fingerprint density at radius 3 is 2.80 bits per heavy atom. The van der Waals surface area contributed by atoms with Crippen LogP contribution in [0.4, 0.5) is 4.39 Å². The van der Waals surface area contributed by atoms with Crippen molar-refractivity contribution >= 4 is 15.9 Å². The Balaban J connectivity index is 2.31. The van der Waals surface area contributed by atoms with Crippen LogP contribution in [0.15, 0.2) is 47.1 Å². The highest BCUT2D eigenvalue weighted by molar-refractivity contribution is 9.10. The van der Waals surface area contributed by atoms with Crippen LogP contribution in [0.25, 0.3) is 0 Å². The number of nitrogens with zero attached hydrogens (tertiary/aromatic N) is 1. The molecule has 2 aromatic rings. The summed E-state index contributed by atoms with van der Waals surface area (Å²) in [6.07, 6.45) is 2.00. The zero-order chi connectivity index (χ0) is 14.5. The lowest BCUT2D eigenvalue weighted by atomic mass is 10.1. The molecule has 2 rings (SSSR count). The molecule has 0 bridgehead atoms. The summed E-state index contributed by atoms with van der Waals surface area (Å²) < 4.78 is 19.9. The van der Waals surface area contributed by atoms with Crippen molar-refractivity contribution in [1.82, 2.24) is 4.98 Å². The van der Waals surface area contributed by atoms with Crippen molar-refractivity contribution in [3.8, 4) is 5.75 Å². The van der Waals surface area contributed by atoms with Crippen LogP contribution in [0.2, 0.25) is 0 Å². The second kappa shape index (κ2) is 6.81. The molecule has 0 amide bonds. The molecule has 0 saturated heterocycles. The van der Waals surface area contributed by atoms with Crippen LogP contribution >= 0.6 is 15.9 Å². The molecule has 0 fully saturated rings. The normalized spacial score (nSPS) is 13.8. The molecule has 5 heteroatoms. The molecule has 1 heterocycles. The lowest BCUT2D eigenvalue weighted by Gasteiger charge is -2.24.